The number of Topliss-reactive ketones (excluding diaryl/α,β-unsaturated/α-hetero) is 1. The maximum absolute atomic E-state index is 12.5. The fourth-order valence-electron chi connectivity index (χ4n) is 2.41. The number of rotatable bonds is 5. The molecule has 108 valence electrons. The van der Waals surface area contributed by atoms with Gasteiger partial charge in [-0.15, -0.1) is 0 Å². The van der Waals surface area contributed by atoms with Gasteiger partial charge >= 0.3 is 0 Å². The molecule has 0 N–H and O–H groups in total. The van der Waals surface area contributed by atoms with Crippen molar-refractivity contribution in [3.63, 3.8) is 0 Å². The number of hydrogen-bond acceptors (Lipinski definition) is 3. The van der Waals surface area contributed by atoms with Crippen LogP contribution in [-0.2, 0) is 14.3 Å². The van der Waals surface area contributed by atoms with E-state index < -0.39 is 5.60 Å². The number of allylic oxidation sites excluding steroid dienone is 4. The minimum absolute atomic E-state index is 0.111. The third-order valence-electron chi connectivity index (χ3n) is 4.00. The highest BCUT2D eigenvalue weighted by Gasteiger charge is 2.36. The van der Waals surface area contributed by atoms with E-state index in [4.69, 9.17) is 4.74 Å². The summed E-state index contributed by atoms with van der Waals surface area (Å²) in [6, 6.07) is 0. The lowest BCUT2D eigenvalue weighted by molar-refractivity contribution is -0.121. The predicted octanol–water partition coefficient (Wildman–Crippen LogP) is 3.65. The van der Waals surface area contributed by atoms with Crippen LogP contribution in [0.25, 0.3) is 0 Å². The number of ether oxygens (including phenoxy) is 1. The summed E-state index contributed by atoms with van der Waals surface area (Å²) in [6.07, 6.45) is 9.61. The van der Waals surface area contributed by atoms with Gasteiger partial charge in [-0.2, -0.15) is 0 Å². The molecule has 0 radical (unpaired) electrons. The zero-order valence-electron chi connectivity index (χ0n) is 12.5. The SMILES string of the molecule is CCCCCC1=CC(=O)C2=C(OC(C)(CC)C=C2)C1=O. The average molecular weight is 274 g/mol. The Morgan fingerprint density at radius 2 is 1.95 bits per heavy atom. The van der Waals surface area contributed by atoms with Crippen molar-refractivity contribution in [2.24, 2.45) is 0 Å². The normalized spacial score (nSPS) is 25.4. The van der Waals surface area contributed by atoms with Crippen LogP contribution in [0.1, 0.15) is 52.9 Å². The molecular formula is C17H22O3. The van der Waals surface area contributed by atoms with Crippen LogP contribution in [0.3, 0.4) is 0 Å². The second-order valence-corrected chi connectivity index (χ2v) is 5.66. The molecule has 0 bridgehead atoms. The molecule has 0 aromatic rings. The molecule has 0 aromatic heterocycles. The molecule has 0 amide bonds. The summed E-state index contributed by atoms with van der Waals surface area (Å²) >= 11 is 0. The second kappa shape index (κ2) is 5.78. The molecule has 1 heterocycles. The topological polar surface area (TPSA) is 43.4 Å². The Balaban J connectivity index is 2.21. The predicted molar refractivity (Wildman–Crippen MR) is 78.2 cm³/mol. The third-order valence-corrected chi connectivity index (χ3v) is 4.00. The summed E-state index contributed by atoms with van der Waals surface area (Å²) in [5.74, 6) is 0.0241. The molecular weight excluding hydrogens is 252 g/mol. The molecule has 3 nitrogen and oxygen atoms in total. The van der Waals surface area contributed by atoms with E-state index in [2.05, 4.69) is 6.92 Å². The maximum Gasteiger partial charge on any atom is 0.224 e. The van der Waals surface area contributed by atoms with E-state index in [9.17, 15) is 9.59 Å². The summed E-state index contributed by atoms with van der Waals surface area (Å²) in [5, 5.41) is 0. The van der Waals surface area contributed by atoms with Gasteiger partial charge in [0.15, 0.2) is 11.5 Å². The monoisotopic (exact) mass is 274 g/mol. The molecule has 0 saturated heterocycles. The van der Waals surface area contributed by atoms with Crippen LogP contribution in [0.15, 0.2) is 35.1 Å². The van der Waals surface area contributed by atoms with E-state index in [-0.39, 0.29) is 17.3 Å². The molecule has 2 aliphatic rings. The first-order chi connectivity index (χ1) is 9.50. The molecule has 0 saturated carbocycles. The van der Waals surface area contributed by atoms with Crippen LogP contribution in [0.5, 0.6) is 0 Å². The average Bonchev–Trinajstić information content (AvgIpc) is 2.44. The van der Waals surface area contributed by atoms with Crippen molar-refractivity contribution in [1.29, 1.82) is 0 Å². The van der Waals surface area contributed by atoms with Crippen molar-refractivity contribution in [3.05, 3.63) is 35.1 Å². The van der Waals surface area contributed by atoms with Crippen LogP contribution in [0.4, 0.5) is 0 Å². The molecule has 0 aromatic carbocycles. The lowest BCUT2D eigenvalue weighted by Crippen LogP contribution is -2.33. The van der Waals surface area contributed by atoms with Crippen LogP contribution in [0, 0.1) is 0 Å². The van der Waals surface area contributed by atoms with Gasteiger partial charge in [-0.1, -0.05) is 26.7 Å². The second-order valence-electron chi connectivity index (χ2n) is 5.66. The van der Waals surface area contributed by atoms with E-state index >= 15 is 0 Å². The lowest BCUT2D eigenvalue weighted by Gasteiger charge is -2.32. The summed E-state index contributed by atoms with van der Waals surface area (Å²) in [4.78, 5) is 24.6. The number of unbranched alkanes of at least 4 members (excludes halogenated alkanes) is 2. The minimum atomic E-state index is -0.485. The molecule has 2 rings (SSSR count). The van der Waals surface area contributed by atoms with E-state index in [1.165, 1.54) is 6.08 Å². The van der Waals surface area contributed by atoms with Crippen LogP contribution >= 0.6 is 0 Å². The van der Waals surface area contributed by atoms with Crippen molar-refractivity contribution in [1.82, 2.24) is 0 Å². The van der Waals surface area contributed by atoms with Crippen molar-refractivity contribution in [2.75, 3.05) is 0 Å². The molecule has 0 spiro atoms. The van der Waals surface area contributed by atoms with Crippen molar-refractivity contribution in [3.8, 4) is 0 Å². The highest BCUT2D eigenvalue weighted by molar-refractivity contribution is 6.23. The van der Waals surface area contributed by atoms with Gasteiger partial charge in [-0.3, -0.25) is 9.59 Å². The van der Waals surface area contributed by atoms with Gasteiger partial charge in [-0.25, -0.2) is 0 Å². The fourth-order valence-corrected chi connectivity index (χ4v) is 2.41. The number of carbonyl (C=O) groups excluding carboxylic acids is 2. The van der Waals surface area contributed by atoms with Gasteiger partial charge in [0, 0.05) is 5.57 Å². The smallest absolute Gasteiger partial charge is 0.224 e. The van der Waals surface area contributed by atoms with Gasteiger partial charge in [0.2, 0.25) is 5.78 Å². The Hall–Kier alpha value is -1.64. The lowest BCUT2D eigenvalue weighted by atomic mass is 9.88. The first kappa shape index (κ1) is 14.8. The molecule has 3 heteroatoms. The molecule has 1 aliphatic heterocycles. The summed E-state index contributed by atoms with van der Waals surface area (Å²) in [5.41, 5.74) is 0.511. The zero-order chi connectivity index (χ0) is 14.8. The Morgan fingerprint density at radius 3 is 2.60 bits per heavy atom. The molecule has 0 fully saturated rings. The Morgan fingerprint density at radius 1 is 1.20 bits per heavy atom. The van der Waals surface area contributed by atoms with E-state index in [0.29, 0.717) is 17.6 Å². The van der Waals surface area contributed by atoms with Crippen LogP contribution in [-0.4, -0.2) is 17.2 Å². The zero-order valence-corrected chi connectivity index (χ0v) is 12.5. The van der Waals surface area contributed by atoms with E-state index in [1.807, 2.05) is 19.9 Å². The molecule has 1 aliphatic carbocycles. The Kier molecular flexibility index (Phi) is 4.26. The number of carbonyl (C=O) groups is 2. The number of ketones is 2. The summed E-state index contributed by atoms with van der Waals surface area (Å²) in [7, 11) is 0. The van der Waals surface area contributed by atoms with Gasteiger partial charge in [-0.05, 0) is 44.4 Å². The summed E-state index contributed by atoms with van der Waals surface area (Å²) in [6.45, 7) is 6.05. The van der Waals surface area contributed by atoms with Crippen molar-refractivity contribution < 1.29 is 14.3 Å². The largest absolute Gasteiger partial charge is 0.479 e. The third kappa shape index (κ3) is 2.77. The van der Waals surface area contributed by atoms with Crippen LogP contribution in [0.2, 0.25) is 0 Å². The molecule has 1 unspecified atom stereocenters. The van der Waals surface area contributed by atoms with Crippen molar-refractivity contribution in [2.45, 2.75) is 58.5 Å². The quantitative estimate of drug-likeness (QED) is 0.567. The highest BCUT2D eigenvalue weighted by Crippen LogP contribution is 2.34. The van der Waals surface area contributed by atoms with Gasteiger partial charge in [0.05, 0.1) is 5.57 Å². The number of hydrogen-bond donors (Lipinski definition) is 0. The Labute approximate surface area is 120 Å². The van der Waals surface area contributed by atoms with Gasteiger partial charge < -0.3 is 4.74 Å². The standard InChI is InChI=1S/C17H22O3/c1-4-6-7-8-12-11-14(18)13-9-10-17(3,5-2)20-16(13)15(12)19/h9-11H,4-8H2,1-3H3. The van der Waals surface area contributed by atoms with E-state index in [0.717, 1.165) is 25.7 Å². The van der Waals surface area contributed by atoms with Crippen molar-refractivity contribution >= 4 is 11.6 Å². The minimum Gasteiger partial charge on any atom is -0.479 e. The maximum atomic E-state index is 12.5. The van der Waals surface area contributed by atoms with Gasteiger partial charge in [0.25, 0.3) is 0 Å². The van der Waals surface area contributed by atoms with E-state index in [1.54, 1.807) is 6.08 Å². The first-order valence-corrected chi connectivity index (χ1v) is 7.43. The Bertz CT molecular complexity index is 522. The van der Waals surface area contributed by atoms with Gasteiger partial charge in [0.1, 0.15) is 5.60 Å². The summed E-state index contributed by atoms with van der Waals surface area (Å²) < 4.78 is 5.83. The fraction of sp³-hybridized carbons (Fsp3) is 0.529. The highest BCUT2D eigenvalue weighted by atomic mass is 16.5. The van der Waals surface area contributed by atoms with Crippen LogP contribution < -0.4 is 0 Å². The molecule has 1 atom stereocenters. The first-order valence-electron chi connectivity index (χ1n) is 7.43. The molecule has 20 heavy (non-hydrogen) atoms.